The number of carbonyl (C=O) groups excluding carboxylic acids is 3. The Bertz CT molecular complexity index is 1240. The molecule has 2 unspecified atom stereocenters. The standard InChI is InChI=1S/C25H25N5O3/c1-15-9-8-12-19(17(15)3)30-20(18-10-6-5-7-11-18)14-28-21-22(26-24(28)30)27(4)25(33)29(23(21)32)13-16(2)31/h5-12,14,21-22H,13H2,1-4H3. The Morgan fingerprint density at radius 2 is 1.76 bits per heavy atom. The molecular weight excluding hydrogens is 418 g/mol. The van der Waals surface area contributed by atoms with Crippen molar-refractivity contribution in [3.63, 3.8) is 0 Å². The van der Waals surface area contributed by atoms with E-state index in [1.165, 1.54) is 11.8 Å². The molecule has 2 aromatic rings. The van der Waals surface area contributed by atoms with Crippen LogP contribution in [0.15, 0.2) is 59.7 Å². The second-order valence-electron chi connectivity index (χ2n) is 8.65. The number of likely N-dealkylation sites (N-methyl/N-ethyl adjacent to an activating group) is 1. The molecule has 168 valence electrons. The van der Waals surface area contributed by atoms with E-state index in [4.69, 9.17) is 4.99 Å². The maximum atomic E-state index is 13.4. The van der Waals surface area contributed by atoms with Gasteiger partial charge >= 0.3 is 6.03 Å². The molecule has 3 aliphatic heterocycles. The lowest BCUT2D eigenvalue weighted by atomic mass is 10.1. The molecule has 0 saturated carbocycles. The van der Waals surface area contributed by atoms with Crippen LogP contribution in [0.1, 0.15) is 23.6 Å². The summed E-state index contributed by atoms with van der Waals surface area (Å²) in [7, 11) is 1.62. The van der Waals surface area contributed by atoms with Gasteiger partial charge in [0.15, 0.2) is 12.2 Å². The molecule has 3 aliphatic rings. The molecule has 2 aromatic carbocycles. The molecule has 0 aliphatic carbocycles. The lowest BCUT2D eigenvalue weighted by Gasteiger charge is -2.39. The Labute approximate surface area is 192 Å². The minimum Gasteiger partial charge on any atom is -0.302 e. The van der Waals surface area contributed by atoms with Gasteiger partial charge in [-0.2, -0.15) is 0 Å². The minimum absolute atomic E-state index is 0.246. The van der Waals surface area contributed by atoms with Crippen molar-refractivity contribution in [2.75, 3.05) is 18.5 Å². The van der Waals surface area contributed by atoms with Crippen molar-refractivity contribution in [2.45, 2.75) is 33.0 Å². The smallest absolute Gasteiger partial charge is 0.302 e. The number of aliphatic imine (C=N–C) groups is 1. The first-order chi connectivity index (χ1) is 15.8. The van der Waals surface area contributed by atoms with Crippen molar-refractivity contribution in [1.29, 1.82) is 0 Å². The van der Waals surface area contributed by atoms with Gasteiger partial charge in [-0.05, 0) is 38.0 Å². The summed E-state index contributed by atoms with van der Waals surface area (Å²) in [6.07, 6.45) is 1.26. The zero-order valence-electron chi connectivity index (χ0n) is 19.0. The number of hydrogen-bond donors (Lipinski definition) is 0. The van der Waals surface area contributed by atoms with Gasteiger partial charge in [-0.15, -0.1) is 0 Å². The molecule has 8 heteroatoms. The van der Waals surface area contributed by atoms with E-state index in [0.717, 1.165) is 33.0 Å². The van der Waals surface area contributed by atoms with Crippen LogP contribution in [-0.4, -0.2) is 64.2 Å². The largest absolute Gasteiger partial charge is 0.328 e. The average Bonchev–Trinajstić information content (AvgIpc) is 3.34. The highest BCUT2D eigenvalue weighted by Crippen LogP contribution is 2.41. The summed E-state index contributed by atoms with van der Waals surface area (Å²) in [4.78, 5) is 49.2. The van der Waals surface area contributed by atoms with Crippen LogP contribution in [-0.2, 0) is 9.59 Å². The fraction of sp³-hybridized carbons (Fsp3) is 0.280. The summed E-state index contributed by atoms with van der Waals surface area (Å²) in [6.45, 7) is 5.25. The second kappa shape index (κ2) is 7.58. The normalized spacial score (nSPS) is 21.8. The van der Waals surface area contributed by atoms with Gasteiger partial charge in [0, 0.05) is 18.8 Å². The molecule has 0 aromatic heterocycles. The van der Waals surface area contributed by atoms with Gasteiger partial charge in [-0.25, -0.2) is 9.79 Å². The topological polar surface area (TPSA) is 76.5 Å². The number of anilines is 1. The predicted molar refractivity (Wildman–Crippen MR) is 125 cm³/mol. The first-order valence-corrected chi connectivity index (χ1v) is 10.9. The molecule has 8 nitrogen and oxygen atoms in total. The Hall–Kier alpha value is -3.94. The van der Waals surface area contributed by atoms with Crippen LogP contribution in [0.25, 0.3) is 5.70 Å². The molecule has 1 saturated heterocycles. The zero-order valence-corrected chi connectivity index (χ0v) is 19.0. The Morgan fingerprint density at radius 1 is 1.03 bits per heavy atom. The Morgan fingerprint density at radius 3 is 2.45 bits per heavy atom. The van der Waals surface area contributed by atoms with Gasteiger partial charge in [-0.1, -0.05) is 42.5 Å². The number of urea groups is 1. The number of benzene rings is 2. The zero-order chi connectivity index (χ0) is 23.4. The van der Waals surface area contributed by atoms with E-state index in [1.807, 2.05) is 53.6 Å². The van der Waals surface area contributed by atoms with Crippen LogP contribution in [0.2, 0.25) is 0 Å². The molecule has 1 fully saturated rings. The number of hydrogen-bond acceptors (Lipinski definition) is 6. The van der Waals surface area contributed by atoms with Gasteiger partial charge in [0.25, 0.3) is 5.91 Å². The van der Waals surface area contributed by atoms with Gasteiger partial charge in [-0.3, -0.25) is 24.3 Å². The Balaban J connectivity index is 1.64. The summed E-state index contributed by atoms with van der Waals surface area (Å²) in [5.41, 5.74) is 5.09. The van der Waals surface area contributed by atoms with E-state index in [9.17, 15) is 14.4 Å². The molecule has 0 bridgehead atoms. The molecule has 3 amide bonds. The summed E-state index contributed by atoms with van der Waals surface area (Å²) >= 11 is 0. The number of rotatable bonds is 4. The minimum atomic E-state index is -0.726. The summed E-state index contributed by atoms with van der Waals surface area (Å²) in [5, 5.41) is 0. The highest BCUT2D eigenvalue weighted by molar-refractivity contribution is 6.16. The lowest BCUT2D eigenvalue weighted by molar-refractivity contribution is -0.139. The van der Waals surface area contributed by atoms with Crippen LogP contribution in [0, 0.1) is 13.8 Å². The summed E-state index contributed by atoms with van der Waals surface area (Å²) in [6, 6.07) is 14.8. The van der Waals surface area contributed by atoms with Crippen molar-refractivity contribution in [3.8, 4) is 0 Å². The summed E-state index contributed by atoms with van der Waals surface area (Å²) < 4.78 is 0. The highest BCUT2D eigenvalue weighted by atomic mass is 16.2. The number of ketones is 1. The van der Waals surface area contributed by atoms with E-state index in [1.54, 1.807) is 7.05 Å². The SMILES string of the molecule is CC(=O)CN1C(=O)C2C(N=C3N(c4cccc(C)c4C)C(c4ccccc4)=CN32)N(C)C1=O. The van der Waals surface area contributed by atoms with Crippen molar-refractivity contribution in [1.82, 2.24) is 14.7 Å². The van der Waals surface area contributed by atoms with Crippen LogP contribution < -0.4 is 4.90 Å². The molecule has 0 N–H and O–H groups in total. The van der Waals surface area contributed by atoms with Crippen LogP contribution in [0.3, 0.4) is 0 Å². The van der Waals surface area contributed by atoms with E-state index in [0.29, 0.717) is 5.96 Å². The first kappa shape index (κ1) is 20.9. The van der Waals surface area contributed by atoms with Crippen LogP contribution in [0.5, 0.6) is 0 Å². The Kier molecular flexibility index (Phi) is 4.81. The fourth-order valence-corrected chi connectivity index (χ4v) is 4.63. The van der Waals surface area contributed by atoms with Crippen molar-refractivity contribution in [2.24, 2.45) is 4.99 Å². The number of fused-ring (bicyclic) bond motifs is 3. The molecule has 3 heterocycles. The van der Waals surface area contributed by atoms with Crippen molar-refractivity contribution < 1.29 is 14.4 Å². The number of amides is 3. The highest BCUT2D eigenvalue weighted by Gasteiger charge is 2.55. The third-order valence-electron chi connectivity index (χ3n) is 6.48. The molecule has 0 radical (unpaired) electrons. The number of imide groups is 1. The molecule has 2 atom stereocenters. The van der Waals surface area contributed by atoms with Gasteiger partial charge in [0.1, 0.15) is 5.78 Å². The number of aryl methyl sites for hydroxylation is 1. The van der Waals surface area contributed by atoms with Crippen LogP contribution >= 0.6 is 0 Å². The van der Waals surface area contributed by atoms with Crippen molar-refractivity contribution >= 4 is 35.1 Å². The summed E-state index contributed by atoms with van der Waals surface area (Å²) in [5.74, 6) is -0.0691. The number of guanidine groups is 1. The quantitative estimate of drug-likeness (QED) is 0.726. The maximum absolute atomic E-state index is 13.4. The maximum Gasteiger partial charge on any atom is 0.328 e. The molecule has 5 rings (SSSR count). The average molecular weight is 444 g/mol. The monoisotopic (exact) mass is 443 g/mol. The third-order valence-corrected chi connectivity index (χ3v) is 6.48. The molecule has 33 heavy (non-hydrogen) atoms. The molecular formula is C25H25N5O3. The number of Topliss-reactive ketones (excluding diaryl/α,β-unsaturated/α-hetero) is 1. The fourth-order valence-electron chi connectivity index (χ4n) is 4.63. The molecule has 0 spiro atoms. The van der Waals surface area contributed by atoms with E-state index in [-0.39, 0.29) is 12.3 Å². The number of carbonyl (C=O) groups is 3. The van der Waals surface area contributed by atoms with Gasteiger partial charge in [0.2, 0.25) is 5.96 Å². The van der Waals surface area contributed by atoms with Crippen molar-refractivity contribution in [3.05, 3.63) is 71.4 Å². The predicted octanol–water partition coefficient (Wildman–Crippen LogP) is 2.97. The van der Waals surface area contributed by atoms with E-state index < -0.39 is 24.1 Å². The van der Waals surface area contributed by atoms with Gasteiger partial charge in [0.05, 0.1) is 17.9 Å². The third kappa shape index (κ3) is 3.13. The van der Waals surface area contributed by atoms with E-state index >= 15 is 0 Å². The first-order valence-electron chi connectivity index (χ1n) is 10.9. The van der Waals surface area contributed by atoms with Gasteiger partial charge < -0.3 is 4.90 Å². The lowest BCUT2D eigenvalue weighted by Crippen LogP contribution is -2.64. The van der Waals surface area contributed by atoms with Crippen LogP contribution in [0.4, 0.5) is 10.5 Å². The van der Waals surface area contributed by atoms with E-state index in [2.05, 4.69) is 24.8 Å². The number of nitrogens with zero attached hydrogens (tertiary/aromatic N) is 5. The second-order valence-corrected chi connectivity index (χ2v) is 8.65.